The highest BCUT2D eigenvalue weighted by atomic mass is 35.5. The minimum atomic E-state index is -0.539. The summed E-state index contributed by atoms with van der Waals surface area (Å²) in [5.74, 6) is -0.787. The lowest BCUT2D eigenvalue weighted by Crippen LogP contribution is -2.27. The van der Waals surface area contributed by atoms with Gasteiger partial charge in [0.1, 0.15) is 5.82 Å². The summed E-state index contributed by atoms with van der Waals surface area (Å²) in [7, 11) is 0. The Morgan fingerprint density at radius 1 is 1.03 bits per heavy atom. The monoisotopic (exact) mass is 478 g/mol. The first kappa shape index (κ1) is 20.9. The third-order valence-corrected chi connectivity index (χ3v) is 6.85. The predicted octanol–water partition coefficient (Wildman–Crippen LogP) is 6.89. The molecule has 1 aliphatic rings. The summed E-state index contributed by atoms with van der Waals surface area (Å²) in [6.45, 7) is 0.726. The van der Waals surface area contributed by atoms with Crippen LogP contribution in [0.4, 0.5) is 10.1 Å². The molecule has 0 saturated carbocycles. The zero-order valence-corrected chi connectivity index (χ0v) is 19.1. The Balaban J connectivity index is 1.52. The molecule has 1 amide bonds. The first-order chi connectivity index (χ1) is 15.5. The number of thiocarbonyl (C=S) groups is 1. The number of amides is 1. The van der Waals surface area contributed by atoms with Crippen molar-refractivity contribution in [1.82, 2.24) is 4.57 Å². The second-order valence-corrected chi connectivity index (χ2v) is 9.41. The van der Waals surface area contributed by atoms with E-state index in [1.165, 1.54) is 40.4 Å². The maximum absolute atomic E-state index is 13.6. The Morgan fingerprint density at radius 3 is 2.56 bits per heavy atom. The average Bonchev–Trinajstić information content (AvgIpc) is 3.28. The lowest BCUT2D eigenvalue weighted by molar-refractivity contribution is -0.113. The summed E-state index contributed by atoms with van der Waals surface area (Å²) in [5.41, 5.74) is 3.67. The molecule has 1 aromatic heterocycles. The van der Waals surface area contributed by atoms with Crippen LogP contribution in [0.15, 0.2) is 83.9 Å². The van der Waals surface area contributed by atoms with Crippen LogP contribution in [-0.4, -0.2) is 14.8 Å². The molecule has 158 valence electrons. The zero-order chi connectivity index (χ0) is 22.2. The van der Waals surface area contributed by atoms with Gasteiger partial charge in [-0.05, 0) is 35.9 Å². The van der Waals surface area contributed by atoms with Crippen LogP contribution in [0.2, 0.25) is 5.02 Å². The number of thioether (sulfide) groups is 1. The fourth-order valence-corrected chi connectivity index (χ4v) is 5.22. The van der Waals surface area contributed by atoms with Crippen LogP contribution >= 0.6 is 35.6 Å². The Bertz CT molecular complexity index is 1400. The van der Waals surface area contributed by atoms with Crippen LogP contribution in [0.5, 0.6) is 0 Å². The molecule has 7 heteroatoms. The van der Waals surface area contributed by atoms with Gasteiger partial charge in [-0.3, -0.25) is 9.69 Å². The molecule has 1 aliphatic heterocycles. The van der Waals surface area contributed by atoms with E-state index in [0.717, 1.165) is 23.0 Å². The predicted molar refractivity (Wildman–Crippen MR) is 135 cm³/mol. The van der Waals surface area contributed by atoms with E-state index in [2.05, 4.69) is 29.0 Å². The van der Waals surface area contributed by atoms with Crippen LogP contribution in [0.3, 0.4) is 0 Å². The molecule has 0 N–H and O–H groups in total. The number of carbonyl (C=O) groups is 1. The number of halogens is 2. The third kappa shape index (κ3) is 3.86. The standard InChI is InChI=1S/C25H16ClFN2OS2/c26-20-13-18(10-11-21(20)27)29-24(30)23(32-25(29)31)12-17-15-28(14-16-6-2-1-3-7-16)22-9-5-4-8-19(17)22/h1-13,15H,14H2/b23-12-. The first-order valence-electron chi connectivity index (χ1n) is 9.86. The van der Waals surface area contributed by atoms with Crippen molar-refractivity contribution in [3.8, 4) is 0 Å². The maximum Gasteiger partial charge on any atom is 0.270 e. The number of anilines is 1. The van der Waals surface area contributed by atoms with E-state index >= 15 is 0 Å². The number of aromatic nitrogens is 1. The molecular formula is C25H16ClFN2OS2. The topological polar surface area (TPSA) is 25.2 Å². The lowest BCUT2D eigenvalue weighted by atomic mass is 10.1. The van der Waals surface area contributed by atoms with Crippen LogP contribution in [-0.2, 0) is 11.3 Å². The van der Waals surface area contributed by atoms with Crippen molar-refractivity contribution >= 4 is 68.5 Å². The minimum Gasteiger partial charge on any atom is -0.342 e. The molecule has 0 unspecified atom stereocenters. The summed E-state index contributed by atoms with van der Waals surface area (Å²) in [6, 6.07) is 22.5. The van der Waals surface area contributed by atoms with E-state index in [-0.39, 0.29) is 10.9 Å². The van der Waals surface area contributed by atoms with Gasteiger partial charge in [-0.25, -0.2) is 4.39 Å². The molecule has 32 heavy (non-hydrogen) atoms. The first-order valence-corrected chi connectivity index (χ1v) is 11.5. The normalized spacial score (nSPS) is 15.3. The van der Waals surface area contributed by atoms with E-state index < -0.39 is 5.82 Å². The summed E-state index contributed by atoms with van der Waals surface area (Å²) in [5, 5.41) is 1.00. The fraction of sp³-hybridized carbons (Fsp3) is 0.0400. The largest absolute Gasteiger partial charge is 0.342 e. The molecule has 0 atom stereocenters. The van der Waals surface area contributed by atoms with Gasteiger partial charge >= 0.3 is 0 Å². The molecular weight excluding hydrogens is 463 g/mol. The zero-order valence-electron chi connectivity index (χ0n) is 16.7. The molecule has 3 aromatic carbocycles. The summed E-state index contributed by atoms with van der Waals surface area (Å²) in [6.07, 6.45) is 3.92. The molecule has 1 fully saturated rings. The Hall–Kier alpha value is -2.93. The SMILES string of the molecule is O=C1/C(=C/c2cn(Cc3ccccc3)c3ccccc23)SC(=S)N1c1ccc(F)c(Cl)c1. The number of nitrogens with zero attached hydrogens (tertiary/aromatic N) is 2. The van der Waals surface area contributed by atoms with Crippen molar-refractivity contribution in [2.24, 2.45) is 0 Å². The quantitative estimate of drug-likeness (QED) is 0.236. The number of hydrogen-bond acceptors (Lipinski definition) is 3. The van der Waals surface area contributed by atoms with Crippen LogP contribution in [0, 0.1) is 5.82 Å². The minimum absolute atomic E-state index is 0.0514. The van der Waals surface area contributed by atoms with Crippen molar-refractivity contribution in [2.45, 2.75) is 6.54 Å². The molecule has 0 bridgehead atoms. The summed E-state index contributed by atoms with van der Waals surface area (Å²) >= 11 is 12.6. The number of carbonyl (C=O) groups excluding carboxylic acids is 1. The van der Waals surface area contributed by atoms with Crippen molar-refractivity contribution in [2.75, 3.05) is 4.90 Å². The molecule has 2 heterocycles. The van der Waals surface area contributed by atoms with E-state index in [4.69, 9.17) is 23.8 Å². The maximum atomic E-state index is 13.6. The van der Waals surface area contributed by atoms with E-state index in [1.54, 1.807) is 0 Å². The molecule has 0 aliphatic carbocycles. The third-order valence-electron chi connectivity index (χ3n) is 5.26. The van der Waals surface area contributed by atoms with Crippen LogP contribution < -0.4 is 4.90 Å². The van der Waals surface area contributed by atoms with Gasteiger partial charge in [-0.2, -0.15) is 0 Å². The highest BCUT2D eigenvalue weighted by Gasteiger charge is 2.33. The molecule has 5 rings (SSSR count). The Kier molecular flexibility index (Phi) is 5.59. The van der Waals surface area contributed by atoms with Gasteiger partial charge in [-0.1, -0.05) is 84.1 Å². The van der Waals surface area contributed by atoms with Crippen LogP contribution in [0.1, 0.15) is 11.1 Å². The van der Waals surface area contributed by atoms with E-state index in [1.807, 2.05) is 42.5 Å². The van der Waals surface area contributed by atoms with Gasteiger partial charge < -0.3 is 4.57 Å². The van der Waals surface area contributed by atoms with Crippen molar-refractivity contribution in [3.63, 3.8) is 0 Å². The van der Waals surface area contributed by atoms with E-state index in [0.29, 0.717) is 14.9 Å². The van der Waals surface area contributed by atoms with Gasteiger partial charge in [-0.15, -0.1) is 0 Å². The summed E-state index contributed by atoms with van der Waals surface area (Å²) < 4.78 is 16.1. The number of rotatable bonds is 4. The Morgan fingerprint density at radius 2 is 1.78 bits per heavy atom. The van der Waals surface area contributed by atoms with E-state index in [9.17, 15) is 9.18 Å². The van der Waals surface area contributed by atoms with Crippen molar-refractivity contribution in [3.05, 3.63) is 106 Å². The van der Waals surface area contributed by atoms with Crippen molar-refractivity contribution < 1.29 is 9.18 Å². The molecule has 3 nitrogen and oxygen atoms in total. The second kappa shape index (κ2) is 8.54. The van der Waals surface area contributed by atoms with Gasteiger partial charge in [0.05, 0.1) is 15.6 Å². The van der Waals surface area contributed by atoms with Gasteiger partial charge in [0, 0.05) is 29.2 Å². The molecule has 0 spiro atoms. The second-order valence-electron chi connectivity index (χ2n) is 7.33. The highest BCUT2D eigenvalue weighted by molar-refractivity contribution is 8.27. The van der Waals surface area contributed by atoms with Gasteiger partial charge in [0.15, 0.2) is 4.32 Å². The van der Waals surface area contributed by atoms with Crippen LogP contribution in [0.25, 0.3) is 17.0 Å². The Labute approximate surface area is 199 Å². The smallest absolute Gasteiger partial charge is 0.270 e. The number of benzene rings is 3. The average molecular weight is 479 g/mol. The molecule has 1 saturated heterocycles. The molecule has 4 aromatic rings. The van der Waals surface area contributed by atoms with Gasteiger partial charge in [0.2, 0.25) is 0 Å². The van der Waals surface area contributed by atoms with Gasteiger partial charge in [0.25, 0.3) is 5.91 Å². The number of hydrogen-bond donors (Lipinski definition) is 0. The summed E-state index contributed by atoms with van der Waals surface area (Å²) in [4.78, 5) is 15.1. The van der Waals surface area contributed by atoms with Crippen molar-refractivity contribution in [1.29, 1.82) is 0 Å². The highest BCUT2D eigenvalue weighted by Crippen LogP contribution is 2.38. The number of para-hydroxylation sites is 1. The fourth-order valence-electron chi connectivity index (χ4n) is 3.76. The molecule has 0 radical (unpaired) electrons. The lowest BCUT2D eigenvalue weighted by Gasteiger charge is -2.14. The number of fused-ring (bicyclic) bond motifs is 1.